The van der Waals surface area contributed by atoms with E-state index in [9.17, 15) is 4.79 Å². The van der Waals surface area contributed by atoms with Crippen molar-refractivity contribution in [2.24, 2.45) is 23.5 Å². The summed E-state index contributed by atoms with van der Waals surface area (Å²) >= 11 is 0. The molecule has 0 aliphatic heterocycles. The monoisotopic (exact) mass is 334 g/mol. The third-order valence-electron chi connectivity index (χ3n) is 6.24. The summed E-state index contributed by atoms with van der Waals surface area (Å²) in [6, 6.07) is -0.323. The van der Waals surface area contributed by atoms with Crippen molar-refractivity contribution in [3.8, 4) is 0 Å². The molecule has 0 aromatic carbocycles. The summed E-state index contributed by atoms with van der Waals surface area (Å²) in [6.07, 6.45) is 8.05. The van der Waals surface area contributed by atoms with E-state index in [1.165, 1.54) is 38.5 Å². The molecule has 4 bridgehead atoms. The molecule has 0 unspecified atom stereocenters. The molecule has 4 N–H and O–H groups in total. The van der Waals surface area contributed by atoms with Crippen molar-refractivity contribution in [2.75, 3.05) is 6.54 Å². The lowest BCUT2D eigenvalue weighted by Crippen LogP contribution is -2.49. The molecule has 0 radical (unpaired) electrons. The van der Waals surface area contributed by atoms with E-state index in [2.05, 4.69) is 15.5 Å². The zero-order valence-corrected chi connectivity index (χ0v) is 13.9. The predicted molar refractivity (Wildman–Crippen MR) is 86.3 cm³/mol. The minimum atomic E-state index is -1.01. The summed E-state index contributed by atoms with van der Waals surface area (Å²) in [4.78, 5) is 15.1. The number of carbonyl (C=O) groups is 1. The first-order valence-electron chi connectivity index (χ1n) is 9.10. The van der Waals surface area contributed by atoms with Gasteiger partial charge in [0.1, 0.15) is 0 Å². The molecule has 4 aliphatic carbocycles. The van der Waals surface area contributed by atoms with Crippen LogP contribution in [-0.4, -0.2) is 27.9 Å². The van der Waals surface area contributed by atoms with Crippen molar-refractivity contribution >= 4 is 6.09 Å². The zero-order valence-electron chi connectivity index (χ0n) is 13.9. The third kappa shape index (κ3) is 2.90. The first-order valence-corrected chi connectivity index (χ1v) is 9.10. The average Bonchev–Trinajstić information content (AvgIpc) is 3.00. The zero-order chi connectivity index (χ0) is 16.7. The maximum absolute atomic E-state index is 10.4. The molecule has 1 heterocycles. The number of nitrogens with one attached hydrogen (secondary N) is 1. The summed E-state index contributed by atoms with van der Waals surface area (Å²) in [5, 5.41) is 15.2. The fraction of sp³-hybridized carbons (Fsp3) is 0.824. The van der Waals surface area contributed by atoms with Gasteiger partial charge < -0.3 is 20.7 Å². The van der Waals surface area contributed by atoms with Crippen molar-refractivity contribution in [3.05, 3.63) is 11.7 Å². The predicted octanol–water partition coefficient (Wildman–Crippen LogP) is 2.59. The maximum Gasteiger partial charge on any atom is 0.404 e. The fourth-order valence-electron chi connectivity index (χ4n) is 5.63. The third-order valence-corrected chi connectivity index (χ3v) is 6.24. The lowest BCUT2D eigenvalue weighted by Gasteiger charge is -2.55. The van der Waals surface area contributed by atoms with Gasteiger partial charge in [0, 0.05) is 12.0 Å². The number of nitrogens with two attached hydrogens (primary N) is 1. The minimum absolute atomic E-state index is 0.126. The Bertz CT molecular complexity index is 579. The van der Waals surface area contributed by atoms with Crippen LogP contribution in [0.5, 0.6) is 0 Å². The highest BCUT2D eigenvalue weighted by atomic mass is 16.5. The number of amides is 1. The number of carboxylic acid groups (broad SMARTS) is 1. The van der Waals surface area contributed by atoms with Crippen LogP contribution in [0, 0.1) is 17.8 Å². The topological polar surface area (TPSA) is 114 Å². The molecule has 24 heavy (non-hydrogen) atoms. The second kappa shape index (κ2) is 6.02. The van der Waals surface area contributed by atoms with Crippen molar-refractivity contribution in [1.29, 1.82) is 0 Å². The first kappa shape index (κ1) is 15.9. The lowest BCUT2D eigenvalue weighted by molar-refractivity contribution is -0.0103. The van der Waals surface area contributed by atoms with E-state index in [4.69, 9.17) is 15.4 Å². The Morgan fingerprint density at radius 3 is 2.50 bits per heavy atom. The van der Waals surface area contributed by atoms with E-state index in [-0.39, 0.29) is 11.5 Å². The molecule has 7 nitrogen and oxygen atoms in total. The van der Waals surface area contributed by atoms with Gasteiger partial charge in [-0.2, -0.15) is 4.98 Å². The highest BCUT2D eigenvalue weighted by Crippen LogP contribution is 2.60. The SMILES string of the molecule is N[C@@H](CCCNC(=O)O)c1nc(C23CC4CC(CC(C4)C2)C3)no1. The van der Waals surface area contributed by atoms with E-state index in [1.54, 1.807) is 0 Å². The van der Waals surface area contributed by atoms with E-state index in [0.717, 1.165) is 23.6 Å². The Morgan fingerprint density at radius 2 is 1.92 bits per heavy atom. The number of aromatic nitrogens is 2. The normalized spacial score (nSPS) is 35.1. The maximum atomic E-state index is 10.4. The van der Waals surface area contributed by atoms with Crippen molar-refractivity contribution in [3.63, 3.8) is 0 Å². The Kier molecular flexibility index (Phi) is 3.98. The summed E-state index contributed by atoms with van der Waals surface area (Å²) in [5.74, 6) is 3.89. The molecule has 1 aromatic heterocycles. The highest BCUT2D eigenvalue weighted by Gasteiger charge is 2.53. The van der Waals surface area contributed by atoms with E-state index >= 15 is 0 Å². The molecule has 7 heteroatoms. The molecule has 0 saturated heterocycles. The van der Waals surface area contributed by atoms with Crippen LogP contribution < -0.4 is 11.1 Å². The molecule has 4 aliphatic rings. The molecule has 4 fully saturated rings. The van der Waals surface area contributed by atoms with Gasteiger partial charge in [-0.05, 0) is 69.1 Å². The fourth-order valence-corrected chi connectivity index (χ4v) is 5.63. The van der Waals surface area contributed by atoms with E-state index < -0.39 is 6.09 Å². The van der Waals surface area contributed by atoms with Crippen LogP contribution in [0.15, 0.2) is 4.52 Å². The number of rotatable bonds is 6. The van der Waals surface area contributed by atoms with Gasteiger partial charge in [-0.3, -0.25) is 0 Å². The Labute approximate surface area is 141 Å². The lowest BCUT2D eigenvalue weighted by atomic mass is 9.49. The molecule has 1 aromatic rings. The van der Waals surface area contributed by atoms with E-state index in [1.807, 2.05) is 0 Å². The minimum Gasteiger partial charge on any atom is -0.465 e. The summed E-state index contributed by atoms with van der Waals surface area (Å²) in [5.41, 5.74) is 6.27. The Balaban J connectivity index is 1.40. The van der Waals surface area contributed by atoms with Crippen molar-refractivity contribution in [2.45, 2.75) is 62.8 Å². The van der Waals surface area contributed by atoms with Gasteiger partial charge in [0.25, 0.3) is 0 Å². The quantitative estimate of drug-likeness (QED) is 0.689. The van der Waals surface area contributed by atoms with Gasteiger partial charge >= 0.3 is 6.09 Å². The Morgan fingerprint density at radius 1 is 1.29 bits per heavy atom. The first-order chi connectivity index (χ1) is 11.5. The molecule has 1 amide bonds. The molecule has 0 spiro atoms. The summed E-state index contributed by atoms with van der Waals surface area (Å²) in [7, 11) is 0. The summed E-state index contributed by atoms with van der Waals surface area (Å²) in [6.45, 7) is 0.388. The standard InChI is InChI=1S/C17H26N4O3/c18-13(2-1-3-19-16(22)23)14-20-15(21-24-14)17-7-10-4-11(8-17)6-12(5-10)9-17/h10-13,19H,1-9,18H2,(H,22,23)/t10?,11?,12?,13-,17?/m0/s1. The highest BCUT2D eigenvalue weighted by molar-refractivity contribution is 5.64. The second-order valence-corrected chi connectivity index (χ2v) is 8.13. The smallest absolute Gasteiger partial charge is 0.404 e. The van der Waals surface area contributed by atoms with Gasteiger partial charge in [0.15, 0.2) is 5.82 Å². The largest absolute Gasteiger partial charge is 0.465 e. The van der Waals surface area contributed by atoms with Crippen LogP contribution >= 0.6 is 0 Å². The number of hydrogen-bond acceptors (Lipinski definition) is 5. The van der Waals surface area contributed by atoms with Crippen LogP contribution in [0.2, 0.25) is 0 Å². The molecular weight excluding hydrogens is 308 g/mol. The number of nitrogens with zero attached hydrogens (tertiary/aromatic N) is 2. The van der Waals surface area contributed by atoms with Crippen molar-refractivity contribution in [1.82, 2.24) is 15.5 Å². The van der Waals surface area contributed by atoms with Crippen LogP contribution in [0.4, 0.5) is 4.79 Å². The molecule has 132 valence electrons. The van der Waals surface area contributed by atoms with Gasteiger partial charge in [-0.15, -0.1) is 0 Å². The van der Waals surface area contributed by atoms with Crippen LogP contribution in [0.1, 0.15) is 69.1 Å². The number of hydrogen-bond donors (Lipinski definition) is 3. The second-order valence-electron chi connectivity index (χ2n) is 8.13. The van der Waals surface area contributed by atoms with Gasteiger partial charge in [0.2, 0.25) is 5.89 Å². The molecule has 4 saturated carbocycles. The van der Waals surface area contributed by atoms with Crippen LogP contribution in [0.25, 0.3) is 0 Å². The van der Waals surface area contributed by atoms with Crippen LogP contribution in [-0.2, 0) is 5.41 Å². The van der Waals surface area contributed by atoms with Gasteiger partial charge in [-0.1, -0.05) is 5.16 Å². The van der Waals surface area contributed by atoms with Gasteiger partial charge in [-0.25, -0.2) is 4.79 Å². The molecular formula is C17H26N4O3. The Hall–Kier alpha value is -1.63. The molecule has 5 rings (SSSR count). The molecule has 1 atom stereocenters. The summed E-state index contributed by atoms with van der Waals surface area (Å²) < 4.78 is 5.47. The average molecular weight is 334 g/mol. The van der Waals surface area contributed by atoms with E-state index in [0.29, 0.717) is 25.3 Å². The van der Waals surface area contributed by atoms with Crippen LogP contribution in [0.3, 0.4) is 0 Å². The van der Waals surface area contributed by atoms with Crippen molar-refractivity contribution < 1.29 is 14.4 Å². The van der Waals surface area contributed by atoms with Gasteiger partial charge in [0.05, 0.1) is 6.04 Å².